The lowest BCUT2D eigenvalue weighted by atomic mass is 10.2. The van der Waals surface area contributed by atoms with Gasteiger partial charge in [-0.25, -0.2) is 13.1 Å². The Morgan fingerprint density at radius 2 is 2.16 bits per heavy atom. The third-order valence-electron chi connectivity index (χ3n) is 3.12. The molecular weight excluding hydrogens is 264 g/mol. The molecule has 0 aromatic heterocycles. The van der Waals surface area contributed by atoms with Crippen LogP contribution < -0.4 is 15.2 Å². The lowest BCUT2D eigenvalue weighted by molar-refractivity contribution is 0.336. The third-order valence-corrected chi connectivity index (χ3v) is 4.54. The Kier molecular flexibility index (Phi) is 4.44. The SMILES string of the molecule is CCOc1ccc(S(=O)(=O)NCC2CC2)cc1CN. The molecule has 6 heteroatoms. The summed E-state index contributed by atoms with van der Waals surface area (Å²) in [5.74, 6) is 1.15. The Morgan fingerprint density at radius 1 is 1.42 bits per heavy atom. The van der Waals surface area contributed by atoms with E-state index in [2.05, 4.69) is 4.72 Å². The molecule has 0 atom stereocenters. The molecule has 5 nitrogen and oxygen atoms in total. The highest BCUT2D eigenvalue weighted by Gasteiger charge is 2.24. The monoisotopic (exact) mass is 284 g/mol. The van der Waals surface area contributed by atoms with Crippen molar-refractivity contribution in [2.24, 2.45) is 11.7 Å². The Hall–Kier alpha value is -1.11. The van der Waals surface area contributed by atoms with E-state index in [-0.39, 0.29) is 11.4 Å². The number of rotatable bonds is 7. The summed E-state index contributed by atoms with van der Waals surface area (Å²) in [7, 11) is -3.44. The number of nitrogens with two attached hydrogens (primary N) is 1. The summed E-state index contributed by atoms with van der Waals surface area (Å²) < 4.78 is 32.3. The molecule has 0 saturated heterocycles. The van der Waals surface area contributed by atoms with Crippen LogP contribution in [0.2, 0.25) is 0 Å². The van der Waals surface area contributed by atoms with Crippen LogP contribution in [0.4, 0.5) is 0 Å². The topological polar surface area (TPSA) is 81.4 Å². The summed E-state index contributed by atoms with van der Waals surface area (Å²) in [6, 6.07) is 4.80. The number of hydrogen-bond donors (Lipinski definition) is 2. The van der Waals surface area contributed by atoms with Crippen molar-refractivity contribution in [3.63, 3.8) is 0 Å². The summed E-state index contributed by atoms with van der Waals surface area (Å²) >= 11 is 0. The lowest BCUT2D eigenvalue weighted by Gasteiger charge is -2.11. The van der Waals surface area contributed by atoms with Crippen molar-refractivity contribution in [2.75, 3.05) is 13.2 Å². The van der Waals surface area contributed by atoms with E-state index in [9.17, 15) is 8.42 Å². The van der Waals surface area contributed by atoms with Crippen LogP contribution in [0.1, 0.15) is 25.3 Å². The maximum absolute atomic E-state index is 12.1. The summed E-state index contributed by atoms with van der Waals surface area (Å²) in [4.78, 5) is 0.247. The van der Waals surface area contributed by atoms with Gasteiger partial charge in [0.2, 0.25) is 10.0 Å². The Bertz CT molecular complexity index is 539. The molecule has 2 rings (SSSR count). The second kappa shape index (κ2) is 5.90. The van der Waals surface area contributed by atoms with Gasteiger partial charge in [0.25, 0.3) is 0 Å². The molecule has 106 valence electrons. The van der Waals surface area contributed by atoms with Gasteiger partial charge in [-0.3, -0.25) is 0 Å². The van der Waals surface area contributed by atoms with Gasteiger partial charge in [0.1, 0.15) is 5.75 Å². The number of benzene rings is 1. The highest BCUT2D eigenvalue weighted by atomic mass is 32.2. The Balaban J connectivity index is 2.18. The van der Waals surface area contributed by atoms with Crippen LogP contribution in [0.5, 0.6) is 5.75 Å². The minimum atomic E-state index is -3.44. The maximum atomic E-state index is 12.1. The van der Waals surface area contributed by atoms with Crippen LogP contribution in [0.15, 0.2) is 23.1 Å². The van der Waals surface area contributed by atoms with E-state index in [0.717, 1.165) is 12.8 Å². The van der Waals surface area contributed by atoms with Crippen molar-refractivity contribution in [2.45, 2.75) is 31.2 Å². The first-order valence-corrected chi connectivity index (χ1v) is 8.00. The van der Waals surface area contributed by atoms with Gasteiger partial charge >= 0.3 is 0 Å². The smallest absolute Gasteiger partial charge is 0.240 e. The number of nitrogens with one attached hydrogen (secondary N) is 1. The third kappa shape index (κ3) is 3.68. The fourth-order valence-corrected chi connectivity index (χ4v) is 2.98. The summed E-state index contributed by atoms with van der Waals surface area (Å²) in [6.45, 7) is 3.18. The summed E-state index contributed by atoms with van der Waals surface area (Å²) in [5, 5.41) is 0. The van der Waals surface area contributed by atoms with Gasteiger partial charge in [0, 0.05) is 18.7 Å². The zero-order valence-corrected chi connectivity index (χ0v) is 11.9. The van der Waals surface area contributed by atoms with Crippen LogP contribution >= 0.6 is 0 Å². The first-order valence-electron chi connectivity index (χ1n) is 6.52. The molecule has 0 amide bonds. The van der Waals surface area contributed by atoms with Gasteiger partial charge < -0.3 is 10.5 Å². The zero-order chi connectivity index (χ0) is 13.9. The quantitative estimate of drug-likeness (QED) is 0.789. The van der Waals surface area contributed by atoms with Gasteiger partial charge in [-0.05, 0) is 43.9 Å². The van der Waals surface area contributed by atoms with E-state index >= 15 is 0 Å². The standard InChI is InChI=1S/C13H20N2O3S/c1-2-18-13-6-5-12(7-11(13)8-14)19(16,17)15-9-10-3-4-10/h5-7,10,15H,2-4,8-9,14H2,1H3. The molecule has 0 heterocycles. The van der Waals surface area contributed by atoms with Crippen LogP contribution in [0.25, 0.3) is 0 Å². The largest absolute Gasteiger partial charge is 0.494 e. The van der Waals surface area contributed by atoms with E-state index in [0.29, 0.717) is 30.4 Å². The molecule has 1 aromatic rings. The second-order valence-electron chi connectivity index (χ2n) is 4.70. The second-order valence-corrected chi connectivity index (χ2v) is 6.47. The summed E-state index contributed by atoms with van der Waals surface area (Å²) in [5.41, 5.74) is 6.33. The Morgan fingerprint density at radius 3 is 2.74 bits per heavy atom. The first-order chi connectivity index (χ1) is 9.06. The van der Waals surface area contributed by atoms with Crippen molar-refractivity contribution in [1.29, 1.82) is 0 Å². The molecule has 1 fully saturated rings. The molecular formula is C13H20N2O3S. The van der Waals surface area contributed by atoms with Gasteiger partial charge in [-0.15, -0.1) is 0 Å². The lowest BCUT2D eigenvalue weighted by Crippen LogP contribution is -2.26. The number of ether oxygens (including phenoxy) is 1. The molecule has 0 bridgehead atoms. The van der Waals surface area contributed by atoms with E-state index < -0.39 is 10.0 Å². The highest BCUT2D eigenvalue weighted by molar-refractivity contribution is 7.89. The minimum Gasteiger partial charge on any atom is -0.494 e. The van der Waals surface area contributed by atoms with Crippen molar-refractivity contribution in [1.82, 2.24) is 4.72 Å². The van der Waals surface area contributed by atoms with Gasteiger partial charge in [-0.2, -0.15) is 0 Å². The maximum Gasteiger partial charge on any atom is 0.240 e. The van der Waals surface area contributed by atoms with Gasteiger partial charge in [0.05, 0.1) is 11.5 Å². The molecule has 0 unspecified atom stereocenters. The van der Waals surface area contributed by atoms with E-state index in [1.54, 1.807) is 18.2 Å². The van der Waals surface area contributed by atoms with Crippen molar-refractivity contribution in [3.05, 3.63) is 23.8 Å². The number of sulfonamides is 1. The molecule has 0 aliphatic heterocycles. The molecule has 1 aliphatic carbocycles. The molecule has 19 heavy (non-hydrogen) atoms. The van der Waals surface area contributed by atoms with Crippen LogP contribution in [-0.2, 0) is 16.6 Å². The number of hydrogen-bond acceptors (Lipinski definition) is 4. The first kappa shape index (κ1) is 14.3. The average molecular weight is 284 g/mol. The zero-order valence-electron chi connectivity index (χ0n) is 11.1. The van der Waals surface area contributed by atoms with Crippen LogP contribution in [-0.4, -0.2) is 21.6 Å². The van der Waals surface area contributed by atoms with Crippen LogP contribution in [0, 0.1) is 5.92 Å². The van der Waals surface area contributed by atoms with Crippen molar-refractivity contribution >= 4 is 10.0 Å². The molecule has 3 N–H and O–H groups in total. The fourth-order valence-electron chi connectivity index (χ4n) is 1.81. The average Bonchev–Trinajstić information content (AvgIpc) is 3.21. The molecule has 1 saturated carbocycles. The molecule has 1 aliphatic rings. The fraction of sp³-hybridized carbons (Fsp3) is 0.538. The van der Waals surface area contributed by atoms with Crippen molar-refractivity contribution in [3.8, 4) is 5.75 Å². The van der Waals surface area contributed by atoms with E-state index in [1.165, 1.54) is 0 Å². The highest BCUT2D eigenvalue weighted by Crippen LogP contribution is 2.28. The minimum absolute atomic E-state index is 0.247. The molecule has 0 spiro atoms. The van der Waals surface area contributed by atoms with E-state index in [4.69, 9.17) is 10.5 Å². The van der Waals surface area contributed by atoms with Crippen LogP contribution in [0.3, 0.4) is 0 Å². The van der Waals surface area contributed by atoms with E-state index in [1.807, 2.05) is 6.92 Å². The van der Waals surface area contributed by atoms with Crippen molar-refractivity contribution < 1.29 is 13.2 Å². The van der Waals surface area contributed by atoms with Gasteiger partial charge in [-0.1, -0.05) is 0 Å². The van der Waals surface area contributed by atoms with Gasteiger partial charge in [0.15, 0.2) is 0 Å². The Labute approximate surface area is 114 Å². The molecule has 0 radical (unpaired) electrons. The predicted molar refractivity (Wildman–Crippen MR) is 73.4 cm³/mol. The normalized spacial score (nSPS) is 15.5. The molecule has 1 aromatic carbocycles. The summed E-state index contributed by atoms with van der Waals surface area (Å²) in [6.07, 6.45) is 2.22. The predicted octanol–water partition coefficient (Wildman–Crippen LogP) is 1.23.